The fourth-order valence-corrected chi connectivity index (χ4v) is 2.62. The van der Waals surface area contributed by atoms with Gasteiger partial charge in [-0.2, -0.15) is 4.72 Å². The third kappa shape index (κ3) is 7.30. The van der Waals surface area contributed by atoms with Crippen LogP contribution in [-0.4, -0.2) is 45.0 Å². The topological polar surface area (TPSA) is 92.7 Å². The molecule has 0 aromatic rings. The third-order valence-electron chi connectivity index (χ3n) is 2.11. The number of methoxy groups -OCH3 is 1. The molecule has 2 N–H and O–H groups in total. The number of esters is 1. The molecule has 0 bridgehead atoms. The van der Waals surface area contributed by atoms with Crippen LogP contribution in [0.1, 0.15) is 27.2 Å². The first-order valence-corrected chi connectivity index (χ1v) is 6.95. The minimum atomic E-state index is -3.59. The fraction of sp³-hybridized carbons (Fsp3) is 0.900. The van der Waals surface area contributed by atoms with E-state index in [0.717, 1.165) is 7.11 Å². The highest BCUT2D eigenvalue weighted by Crippen LogP contribution is 2.18. The largest absolute Gasteiger partial charge is 0.468 e. The zero-order valence-electron chi connectivity index (χ0n) is 10.7. The van der Waals surface area contributed by atoms with Crippen molar-refractivity contribution in [2.45, 2.75) is 33.2 Å². The molecule has 6 nitrogen and oxygen atoms in total. The van der Waals surface area contributed by atoms with Gasteiger partial charge in [-0.1, -0.05) is 20.8 Å². The SMILES string of the molecule is COC(=O)C(CO)NS(=O)(=O)CCC(C)(C)C. The van der Waals surface area contributed by atoms with Crippen LogP contribution in [0.15, 0.2) is 0 Å². The Kier molecular flexibility index (Phi) is 6.08. The van der Waals surface area contributed by atoms with Crippen LogP contribution in [0.2, 0.25) is 0 Å². The molecule has 0 spiro atoms. The maximum absolute atomic E-state index is 11.6. The molecular weight excluding hydrogens is 246 g/mol. The number of hydrogen-bond acceptors (Lipinski definition) is 5. The van der Waals surface area contributed by atoms with Crippen molar-refractivity contribution in [3.8, 4) is 0 Å². The van der Waals surface area contributed by atoms with Gasteiger partial charge in [0.05, 0.1) is 19.5 Å². The number of aliphatic hydroxyl groups is 1. The first-order chi connectivity index (χ1) is 7.61. The van der Waals surface area contributed by atoms with Gasteiger partial charge in [0, 0.05) is 0 Å². The average molecular weight is 267 g/mol. The number of carbonyl (C=O) groups is 1. The lowest BCUT2D eigenvalue weighted by Gasteiger charge is -2.19. The highest BCUT2D eigenvalue weighted by Gasteiger charge is 2.25. The minimum Gasteiger partial charge on any atom is -0.468 e. The van der Waals surface area contributed by atoms with Gasteiger partial charge in [-0.15, -0.1) is 0 Å². The molecule has 0 saturated heterocycles. The lowest BCUT2D eigenvalue weighted by Crippen LogP contribution is -2.45. The molecule has 7 heteroatoms. The smallest absolute Gasteiger partial charge is 0.326 e. The first kappa shape index (κ1) is 16.3. The van der Waals surface area contributed by atoms with E-state index in [2.05, 4.69) is 9.46 Å². The van der Waals surface area contributed by atoms with E-state index in [4.69, 9.17) is 5.11 Å². The Hall–Kier alpha value is -0.660. The second-order valence-electron chi connectivity index (χ2n) is 5.01. The standard InChI is InChI=1S/C10H21NO5S/c1-10(2,3)5-6-17(14,15)11-8(7-12)9(13)16-4/h8,11-12H,5-7H2,1-4H3. The maximum Gasteiger partial charge on any atom is 0.326 e. The van der Waals surface area contributed by atoms with E-state index < -0.39 is 28.6 Å². The number of nitrogens with one attached hydrogen (secondary N) is 1. The molecule has 0 aromatic carbocycles. The zero-order valence-corrected chi connectivity index (χ0v) is 11.5. The average Bonchev–Trinajstić information content (AvgIpc) is 2.21. The van der Waals surface area contributed by atoms with Crippen LogP contribution in [0.25, 0.3) is 0 Å². The number of rotatable bonds is 6. The zero-order chi connectivity index (χ0) is 13.7. The molecule has 17 heavy (non-hydrogen) atoms. The van der Waals surface area contributed by atoms with Crippen LogP contribution in [0, 0.1) is 5.41 Å². The van der Waals surface area contributed by atoms with Crippen LogP contribution in [-0.2, 0) is 19.6 Å². The van der Waals surface area contributed by atoms with Crippen molar-refractivity contribution < 1.29 is 23.1 Å². The third-order valence-corrected chi connectivity index (χ3v) is 3.50. The molecule has 0 saturated carbocycles. The van der Waals surface area contributed by atoms with Gasteiger partial charge in [-0.05, 0) is 11.8 Å². The Balaban J connectivity index is 4.48. The number of aliphatic hydroxyl groups excluding tert-OH is 1. The van der Waals surface area contributed by atoms with Crippen LogP contribution in [0.5, 0.6) is 0 Å². The molecule has 0 aliphatic carbocycles. The summed E-state index contributed by atoms with van der Waals surface area (Å²) < 4.78 is 29.8. The van der Waals surface area contributed by atoms with Crippen molar-refractivity contribution in [3.05, 3.63) is 0 Å². The number of hydrogen-bond donors (Lipinski definition) is 2. The van der Waals surface area contributed by atoms with E-state index in [1.54, 1.807) is 0 Å². The highest BCUT2D eigenvalue weighted by atomic mass is 32.2. The maximum atomic E-state index is 11.6. The van der Waals surface area contributed by atoms with Gasteiger partial charge in [0.25, 0.3) is 0 Å². The predicted molar refractivity (Wildman–Crippen MR) is 63.9 cm³/mol. The first-order valence-electron chi connectivity index (χ1n) is 5.30. The van der Waals surface area contributed by atoms with E-state index in [-0.39, 0.29) is 11.2 Å². The van der Waals surface area contributed by atoms with Crippen molar-refractivity contribution in [2.24, 2.45) is 5.41 Å². The minimum absolute atomic E-state index is 0.0933. The fourth-order valence-electron chi connectivity index (χ4n) is 1.02. The summed E-state index contributed by atoms with van der Waals surface area (Å²) in [5.41, 5.74) is -0.116. The van der Waals surface area contributed by atoms with Gasteiger partial charge < -0.3 is 9.84 Å². The Morgan fingerprint density at radius 2 is 1.94 bits per heavy atom. The monoisotopic (exact) mass is 267 g/mol. The summed E-state index contributed by atoms with van der Waals surface area (Å²) in [6, 6.07) is -1.23. The summed E-state index contributed by atoms with van der Waals surface area (Å²) >= 11 is 0. The van der Waals surface area contributed by atoms with Gasteiger partial charge in [-0.25, -0.2) is 8.42 Å². The normalized spacial score (nSPS) is 14.4. The predicted octanol–water partition coefficient (Wildman–Crippen LogP) is -0.124. The molecule has 102 valence electrons. The van der Waals surface area contributed by atoms with E-state index in [0.29, 0.717) is 6.42 Å². The van der Waals surface area contributed by atoms with E-state index in [9.17, 15) is 13.2 Å². The molecular formula is C10H21NO5S. The summed E-state index contributed by atoms with van der Waals surface area (Å²) in [6.45, 7) is 5.15. The quantitative estimate of drug-likeness (QED) is 0.654. The molecule has 0 aliphatic heterocycles. The van der Waals surface area contributed by atoms with Crippen molar-refractivity contribution in [1.82, 2.24) is 4.72 Å². The van der Waals surface area contributed by atoms with E-state index in [1.165, 1.54) is 0 Å². The molecule has 0 rings (SSSR count). The lowest BCUT2D eigenvalue weighted by molar-refractivity contribution is -0.143. The van der Waals surface area contributed by atoms with Crippen molar-refractivity contribution in [3.63, 3.8) is 0 Å². The Labute approximate surface area is 102 Å². The molecule has 0 aromatic heterocycles. The van der Waals surface area contributed by atoms with Crippen LogP contribution in [0.3, 0.4) is 0 Å². The van der Waals surface area contributed by atoms with Crippen molar-refractivity contribution in [2.75, 3.05) is 19.5 Å². The number of carbonyl (C=O) groups excluding carboxylic acids is 1. The summed E-state index contributed by atoms with van der Waals surface area (Å²) in [5.74, 6) is -0.892. The molecule has 0 amide bonds. The van der Waals surface area contributed by atoms with E-state index >= 15 is 0 Å². The van der Waals surface area contributed by atoms with Crippen LogP contribution in [0.4, 0.5) is 0 Å². The highest BCUT2D eigenvalue weighted by molar-refractivity contribution is 7.89. The molecule has 0 radical (unpaired) electrons. The van der Waals surface area contributed by atoms with Crippen LogP contribution < -0.4 is 4.72 Å². The Morgan fingerprint density at radius 3 is 2.29 bits per heavy atom. The molecule has 1 unspecified atom stereocenters. The Morgan fingerprint density at radius 1 is 1.41 bits per heavy atom. The Bertz CT molecular complexity index is 344. The molecule has 0 fully saturated rings. The second kappa shape index (κ2) is 6.32. The van der Waals surface area contributed by atoms with Gasteiger partial charge in [-0.3, -0.25) is 4.79 Å². The van der Waals surface area contributed by atoms with Gasteiger partial charge in [0.1, 0.15) is 6.04 Å². The summed E-state index contributed by atoms with van der Waals surface area (Å²) in [6.07, 6.45) is 0.460. The number of ether oxygens (including phenoxy) is 1. The van der Waals surface area contributed by atoms with Crippen LogP contribution >= 0.6 is 0 Å². The lowest BCUT2D eigenvalue weighted by atomic mass is 9.94. The second-order valence-corrected chi connectivity index (χ2v) is 6.88. The summed E-state index contributed by atoms with van der Waals surface area (Å²) in [5, 5.41) is 8.89. The van der Waals surface area contributed by atoms with Gasteiger partial charge in [0.15, 0.2) is 0 Å². The van der Waals surface area contributed by atoms with E-state index in [1.807, 2.05) is 20.8 Å². The van der Waals surface area contributed by atoms with Gasteiger partial charge >= 0.3 is 5.97 Å². The van der Waals surface area contributed by atoms with Crippen molar-refractivity contribution >= 4 is 16.0 Å². The summed E-state index contributed by atoms with van der Waals surface area (Å²) in [7, 11) is -2.46. The molecule has 0 aliphatic rings. The van der Waals surface area contributed by atoms with Crippen molar-refractivity contribution in [1.29, 1.82) is 0 Å². The number of sulfonamides is 1. The molecule has 1 atom stereocenters. The summed E-state index contributed by atoms with van der Waals surface area (Å²) in [4.78, 5) is 11.1. The van der Waals surface area contributed by atoms with Gasteiger partial charge in [0.2, 0.25) is 10.0 Å². The molecule has 0 heterocycles.